The highest BCUT2D eigenvalue weighted by Crippen LogP contribution is 2.21. The lowest BCUT2D eigenvalue weighted by Crippen LogP contribution is -2.42. The van der Waals surface area contributed by atoms with Crippen molar-refractivity contribution < 1.29 is 14.7 Å². The Hall–Kier alpha value is -2.63. The second-order valence-corrected chi connectivity index (χ2v) is 5.03. The fraction of sp³-hybridized carbons (Fsp3) is 0.267. The molecule has 1 fully saturated rings. The van der Waals surface area contributed by atoms with Crippen molar-refractivity contribution in [3.8, 4) is 0 Å². The first-order valence-electron chi connectivity index (χ1n) is 6.80. The normalized spacial score (nSPS) is 17.9. The number of hydrogen-bond donors (Lipinski definition) is 2. The topological polar surface area (TPSA) is 82.5 Å². The predicted octanol–water partition coefficient (Wildman–Crippen LogP) is 2.32. The molecule has 1 aliphatic rings. The van der Waals surface area contributed by atoms with Gasteiger partial charge in [-0.2, -0.15) is 0 Å². The molecule has 0 spiro atoms. The number of carboxylic acids is 1. The van der Waals surface area contributed by atoms with Crippen LogP contribution in [0, 0.1) is 0 Å². The third kappa shape index (κ3) is 2.65. The lowest BCUT2D eigenvalue weighted by atomic mass is 10.2. The number of fused-ring (bicyclic) bond motifs is 1. The molecule has 1 atom stereocenters. The van der Waals surface area contributed by atoms with Gasteiger partial charge in [-0.3, -0.25) is 4.98 Å². The smallest absolute Gasteiger partial charge is 0.326 e. The number of pyridine rings is 1. The van der Waals surface area contributed by atoms with Crippen molar-refractivity contribution in [2.45, 2.75) is 18.9 Å². The summed E-state index contributed by atoms with van der Waals surface area (Å²) in [6, 6.07) is 8.05. The number of likely N-dealkylation sites (tertiary alicyclic amines) is 1. The molecule has 1 aromatic carbocycles. The van der Waals surface area contributed by atoms with Crippen molar-refractivity contribution in [2.75, 3.05) is 11.9 Å². The number of carbonyl (C=O) groups excluding carboxylic acids is 1. The molecule has 0 saturated carbocycles. The number of anilines is 1. The van der Waals surface area contributed by atoms with Crippen molar-refractivity contribution in [3.05, 3.63) is 36.5 Å². The number of nitrogens with zero attached hydrogens (tertiary/aromatic N) is 2. The van der Waals surface area contributed by atoms with E-state index < -0.39 is 12.0 Å². The van der Waals surface area contributed by atoms with Crippen LogP contribution in [0.3, 0.4) is 0 Å². The number of aromatic nitrogens is 1. The third-order valence-corrected chi connectivity index (χ3v) is 3.65. The Morgan fingerprint density at radius 2 is 2.19 bits per heavy atom. The molecule has 3 rings (SSSR count). The summed E-state index contributed by atoms with van der Waals surface area (Å²) in [5.74, 6) is -0.953. The van der Waals surface area contributed by atoms with E-state index >= 15 is 0 Å². The molecule has 2 heterocycles. The first-order chi connectivity index (χ1) is 10.1. The number of carbonyl (C=O) groups is 2. The molecular weight excluding hydrogens is 270 g/mol. The monoisotopic (exact) mass is 285 g/mol. The Bertz CT molecular complexity index is 701. The molecule has 0 unspecified atom stereocenters. The van der Waals surface area contributed by atoms with Crippen LogP contribution in [0.5, 0.6) is 0 Å². The van der Waals surface area contributed by atoms with E-state index in [-0.39, 0.29) is 6.03 Å². The summed E-state index contributed by atoms with van der Waals surface area (Å²) in [5, 5.41) is 12.8. The molecule has 6 heteroatoms. The zero-order chi connectivity index (χ0) is 14.8. The molecule has 1 aromatic heterocycles. The number of amides is 2. The summed E-state index contributed by atoms with van der Waals surface area (Å²) in [6.45, 7) is 0.470. The summed E-state index contributed by atoms with van der Waals surface area (Å²) in [7, 11) is 0. The predicted molar refractivity (Wildman–Crippen MR) is 78.1 cm³/mol. The van der Waals surface area contributed by atoms with Crippen molar-refractivity contribution in [1.82, 2.24) is 9.88 Å². The van der Waals surface area contributed by atoms with Crippen molar-refractivity contribution in [3.63, 3.8) is 0 Å². The first-order valence-corrected chi connectivity index (χ1v) is 6.80. The highest BCUT2D eigenvalue weighted by atomic mass is 16.4. The Balaban J connectivity index is 1.78. The average molecular weight is 285 g/mol. The molecule has 6 nitrogen and oxygen atoms in total. The number of rotatable bonds is 2. The number of carboxylic acid groups (broad SMARTS) is 1. The van der Waals surface area contributed by atoms with Gasteiger partial charge in [-0.15, -0.1) is 0 Å². The number of aliphatic carboxylic acids is 1. The Morgan fingerprint density at radius 1 is 1.33 bits per heavy atom. The average Bonchev–Trinajstić information content (AvgIpc) is 2.97. The minimum Gasteiger partial charge on any atom is -0.480 e. The first kappa shape index (κ1) is 13.4. The van der Waals surface area contributed by atoms with E-state index in [0.717, 1.165) is 10.9 Å². The summed E-state index contributed by atoms with van der Waals surface area (Å²) in [5.41, 5.74) is 1.48. The molecular formula is C15H15N3O3. The summed E-state index contributed by atoms with van der Waals surface area (Å²) >= 11 is 0. The van der Waals surface area contributed by atoms with Gasteiger partial charge in [0, 0.05) is 23.8 Å². The van der Waals surface area contributed by atoms with Crippen LogP contribution in [0.1, 0.15) is 12.8 Å². The molecule has 108 valence electrons. The van der Waals surface area contributed by atoms with Gasteiger partial charge < -0.3 is 15.3 Å². The Kier molecular flexibility index (Phi) is 3.43. The van der Waals surface area contributed by atoms with Gasteiger partial charge in [0.25, 0.3) is 0 Å². The quantitative estimate of drug-likeness (QED) is 0.887. The van der Waals surface area contributed by atoms with Gasteiger partial charge in [-0.1, -0.05) is 6.07 Å². The van der Waals surface area contributed by atoms with Gasteiger partial charge in [0.15, 0.2) is 0 Å². The third-order valence-electron chi connectivity index (χ3n) is 3.65. The summed E-state index contributed by atoms with van der Waals surface area (Å²) < 4.78 is 0. The van der Waals surface area contributed by atoms with Gasteiger partial charge in [0.1, 0.15) is 6.04 Å². The van der Waals surface area contributed by atoms with Crippen molar-refractivity contribution in [1.29, 1.82) is 0 Å². The maximum atomic E-state index is 12.2. The fourth-order valence-electron chi connectivity index (χ4n) is 2.62. The maximum Gasteiger partial charge on any atom is 0.326 e. The molecule has 21 heavy (non-hydrogen) atoms. The second-order valence-electron chi connectivity index (χ2n) is 5.03. The zero-order valence-electron chi connectivity index (χ0n) is 11.3. The van der Waals surface area contributed by atoms with Crippen LogP contribution < -0.4 is 5.32 Å². The lowest BCUT2D eigenvalue weighted by Gasteiger charge is -2.21. The molecule has 2 amide bonds. The SMILES string of the molecule is O=C(O)[C@H]1CCCN1C(=O)Nc1ccc2ncccc2c1. The van der Waals surface area contributed by atoms with E-state index in [1.165, 1.54) is 4.90 Å². The van der Waals surface area contributed by atoms with Crippen LogP contribution in [0.4, 0.5) is 10.5 Å². The Labute approximate surface area is 121 Å². The van der Waals surface area contributed by atoms with Gasteiger partial charge >= 0.3 is 12.0 Å². The molecule has 2 aromatic rings. The molecule has 0 radical (unpaired) electrons. The summed E-state index contributed by atoms with van der Waals surface area (Å²) in [4.78, 5) is 28.9. The Morgan fingerprint density at radius 3 is 3.00 bits per heavy atom. The standard InChI is InChI=1S/C15H15N3O3/c19-14(20)13-4-2-8-18(13)15(21)17-11-5-6-12-10(9-11)3-1-7-16-12/h1,3,5-7,9,13H,2,4,8H2,(H,17,21)(H,19,20)/t13-/m1/s1. The molecule has 2 N–H and O–H groups in total. The second kappa shape index (κ2) is 5.40. The van der Waals surface area contributed by atoms with Crippen LogP contribution in [0.15, 0.2) is 36.5 Å². The van der Waals surface area contributed by atoms with Crippen LogP contribution in [-0.2, 0) is 4.79 Å². The van der Waals surface area contributed by atoms with E-state index in [2.05, 4.69) is 10.3 Å². The van der Waals surface area contributed by atoms with Crippen LogP contribution in [0.2, 0.25) is 0 Å². The molecule has 1 saturated heterocycles. The lowest BCUT2D eigenvalue weighted by molar-refractivity contribution is -0.141. The fourth-order valence-corrected chi connectivity index (χ4v) is 2.62. The zero-order valence-corrected chi connectivity index (χ0v) is 11.3. The van der Waals surface area contributed by atoms with E-state index in [9.17, 15) is 9.59 Å². The molecule has 0 aliphatic carbocycles. The van der Waals surface area contributed by atoms with Gasteiger partial charge in [0.05, 0.1) is 5.52 Å². The van der Waals surface area contributed by atoms with E-state index in [0.29, 0.717) is 25.1 Å². The minimum atomic E-state index is -0.953. The van der Waals surface area contributed by atoms with Crippen LogP contribution >= 0.6 is 0 Å². The van der Waals surface area contributed by atoms with E-state index in [4.69, 9.17) is 5.11 Å². The van der Waals surface area contributed by atoms with E-state index in [1.54, 1.807) is 12.3 Å². The van der Waals surface area contributed by atoms with Crippen molar-refractivity contribution in [2.24, 2.45) is 0 Å². The van der Waals surface area contributed by atoms with Gasteiger partial charge in [-0.05, 0) is 37.1 Å². The highest BCUT2D eigenvalue weighted by Gasteiger charge is 2.33. The van der Waals surface area contributed by atoms with E-state index in [1.807, 2.05) is 24.3 Å². The number of benzene rings is 1. The van der Waals surface area contributed by atoms with Crippen molar-refractivity contribution >= 4 is 28.6 Å². The molecule has 1 aliphatic heterocycles. The summed E-state index contributed by atoms with van der Waals surface area (Å²) in [6.07, 6.45) is 2.93. The number of nitrogens with one attached hydrogen (secondary N) is 1. The molecule has 0 bridgehead atoms. The van der Waals surface area contributed by atoms with Gasteiger partial charge in [0.2, 0.25) is 0 Å². The van der Waals surface area contributed by atoms with Crippen LogP contribution in [0.25, 0.3) is 10.9 Å². The minimum absolute atomic E-state index is 0.372. The highest BCUT2D eigenvalue weighted by molar-refractivity contribution is 5.94. The van der Waals surface area contributed by atoms with Gasteiger partial charge in [-0.25, -0.2) is 9.59 Å². The number of urea groups is 1. The largest absolute Gasteiger partial charge is 0.480 e. The maximum absolute atomic E-state index is 12.2. The van der Waals surface area contributed by atoms with Crippen LogP contribution in [-0.4, -0.2) is 39.6 Å². The number of hydrogen-bond acceptors (Lipinski definition) is 3.